The van der Waals surface area contributed by atoms with E-state index in [0.29, 0.717) is 23.6 Å². The number of unbranched alkanes of at least 4 members (excludes halogenated alkanes) is 1. The van der Waals surface area contributed by atoms with Gasteiger partial charge in [-0.15, -0.1) is 0 Å². The van der Waals surface area contributed by atoms with Gasteiger partial charge in [0.15, 0.2) is 0 Å². The van der Waals surface area contributed by atoms with Crippen LogP contribution in [0.3, 0.4) is 0 Å². The van der Waals surface area contributed by atoms with Crippen molar-refractivity contribution in [2.75, 3.05) is 26.2 Å². The van der Waals surface area contributed by atoms with Crippen LogP contribution in [-0.4, -0.2) is 49.3 Å². The van der Waals surface area contributed by atoms with E-state index >= 15 is 0 Å². The van der Waals surface area contributed by atoms with Crippen LogP contribution in [0.15, 0.2) is 0 Å². The largest absolute Gasteiger partial charge is 0.379 e. The van der Waals surface area contributed by atoms with Crippen LogP contribution in [0.1, 0.15) is 54.4 Å². The first-order valence-corrected chi connectivity index (χ1v) is 7.89. The molecule has 19 heavy (non-hydrogen) atoms. The van der Waals surface area contributed by atoms with Crippen molar-refractivity contribution < 1.29 is 4.74 Å². The molecule has 0 saturated carbocycles. The first-order valence-electron chi connectivity index (χ1n) is 7.89. The summed E-state index contributed by atoms with van der Waals surface area (Å²) in [5, 5.41) is 3.69. The maximum absolute atomic E-state index is 5.60. The van der Waals surface area contributed by atoms with Gasteiger partial charge in [0, 0.05) is 31.8 Å². The van der Waals surface area contributed by atoms with Crippen molar-refractivity contribution in [1.29, 1.82) is 0 Å². The molecule has 3 nitrogen and oxygen atoms in total. The Morgan fingerprint density at radius 3 is 2.53 bits per heavy atom. The van der Waals surface area contributed by atoms with Crippen LogP contribution in [0.4, 0.5) is 0 Å². The molecule has 0 aliphatic carbocycles. The highest BCUT2D eigenvalue weighted by Gasteiger charge is 2.31. The monoisotopic (exact) mass is 270 g/mol. The van der Waals surface area contributed by atoms with Gasteiger partial charge in [-0.2, -0.15) is 0 Å². The average Bonchev–Trinajstić information content (AvgIpc) is 2.29. The average molecular weight is 270 g/mol. The van der Waals surface area contributed by atoms with Crippen molar-refractivity contribution in [1.82, 2.24) is 10.2 Å². The Kier molecular flexibility index (Phi) is 6.78. The zero-order valence-electron chi connectivity index (χ0n) is 13.8. The van der Waals surface area contributed by atoms with Crippen molar-refractivity contribution in [2.24, 2.45) is 5.41 Å². The maximum atomic E-state index is 5.60. The van der Waals surface area contributed by atoms with Gasteiger partial charge in [-0.1, -0.05) is 20.8 Å². The van der Waals surface area contributed by atoms with Gasteiger partial charge in [0.25, 0.3) is 0 Å². The van der Waals surface area contributed by atoms with Crippen LogP contribution in [0.5, 0.6) is 0 Å². The summed E-state index contributed by atoms with van der Waals surface area (Å²) in [6, 6.07) is 1.26. The molecule has 1 aliphatic heterocycles. The number of rotatable bonds is 6. The number of nitrogens with zero attached hydrogens (tertiary/aromatic N) is 1. The highest BCUT2D eigenvalue weighted by molar-refractivity contribution is 4.90. The number of nitrogens with one attached hydrogen (secondary N) is 1. The van der Waals surface area contributed by atoms with E-state index in [9.17, 15) is 0 Å². The molecule has 2 unspecified atom stereocenters. The third-order valence-electron chi connectivity index (χ3n) is 4.04. The fourth-order valence-corrected chi connectivity index (χ4v) is 2.55. The Bertz CT molecular complexity index is 248. The molecule has 0 bridgehead atoms. The summed E-state index contributed by atoms with van der Waals surface area (Å²) in [6.07, 6.45) is 2.78. The summed E-state index contributed by atoms with van der Waals surface area (Å²) in [5.41, 5.74) is 0.346. The highest BCUT2D eigenvalue weighted by Crippen LogP contribution is 2.23. The molecular weight excluding hydrogens is 236 g/mol. The van der Waals surface area contributed by atoms with Crippen LogP contribution in [0.2, 0.25) is 0 Å². The van der Waals surface area contributed by atoms with E-state index in [0.717, 1.165) is 13.2 Å². The van der Waals surface area contributed by atoms with Gasteiger partial charge in [-0.05, 0) is 45.6 Å². The lowest BCUT2D eigenvalue weighted by atomic mass is 9.85. The van der Waals surface area contributed by atoms with Gasteiger partial charge in [0.05, 0.1) is 6.10 Å². The van der Waals surface area contributed by atoms with Crippen molar-refractivity contribution in [3.05, 3.63) is 0 Å². The molecule has 1 heterocycles. The predicted molar refractivity (Wildman–Crippen MR) is 82.6 cm³/mol. The van der Waals surface area contributed by atoms with Gasteiger partial charge < -0.3 is 10.1 Å². The molecule has 2 atom stereocenters. The molecule has 0 amide bonds. The van der Waals surface area contributed by atoms with Crippen molar-refractivity contribution >= 4 is 0 Å². The Balaban J connectivity index is 2.27. The Morgan fingerprint density at radius 2 is 1.95 bits per heavy atom. The lowest BCUT2D eigenvalue weighted by Crippen LogP contribution is -2.59. The quantitative estimate of drug-likeness (QED) is 0.751. The predicted octanol–water partition coefficient (Wildman–Crippen LogP) is 2.90. The molecule has 114 valence electrons. The number of hydrogen-bond donors (Lipinski definition) is 1. The Morgan fingerprint density at radius 1 is 1.26 bits per heavy atom. The van der Waals surface area contributed by atoms with E-state index in [4.69, 9.17) is 4.74 Å². The first kappa shape index (κ1) is 16.9. The van der Waals surface area contributed by atoms with E-state index in [1.807, 2.05) is 0 Å². The van der Waals surface area contributed by atoms with E-state index in [-0.39, 0.29) is 0 Å². The van der Waals surface area contributed by atoms with Crippen LogP contribution < -0.4 is 5.32 Å². The summed E-state index contributed by atoms with van der Waals surface area (Å²) >= 11 is 0. The highest BCUT2D eigenvalue weighted by atomic mass is 16.5. The van der Waals surface area contributed by atoms with Crippen LogP contribution >= 0.6 is 0 Å². The molecule has 0 spiro atoms. The van der Waals surface area contributed by atoms with Crippen molar-refractivity contribution in [3.63, 3.8) is 0 Å². The van der Waals surface area contributed by atoms with E-state index in [1.165, 1.54) is 25.9 Å². The normalized spacial score (nSPS) is 26.1. The third-order valence-corrected chi connectivity index (χ3v) is 4.04. The number of hydrogen-bond acceptors (Lipinski definition) is 3. The zero-order chi connectivity index (χ0) is 14.5. The topological polar surface area (TPSA) is 24.5 Å². The minimum Gasteiger partial charge on any atom is -0.379 e. The Labute approximate surface area is 120 Å². The molecule has 1 N–H and O–H groups in total. The lowest BCUT2D eigenvalue weighted by Gasteiger charge is -2.44. The van der Waals surface area contributed by atoms with Gasteiger partial charge in [-0.25, -0.2) is 0 Å². The molecule has 3 heteroatoms. The third kappa shape index (κ3) is 6.24. The molecule has 0 aromatic rings. The molecule has 1 saturated heterocycles. The summed E-state index contributed by atoms with van der Waals surface area (Å²) in [4.78, 5) is 2.64. The van der Waals surface area contributed by atoms with E-state index in [1.54, 1.807) is 0 Å². The number of piperazine rings is 1. The van der Waals surface area contributed by atoms with E-state index in [2.05, 4.69) is 51.8 Å². The SMILES string of the molecule is CC(C)OCCCCN1CC(C(C)(C)C)NCC1C. The van der Waals surface area contributed by atoms with Gasteiger partial charge >= 0.3 is 0 Å². The van der Waals surface area contributed by atoms with Gasteiger partial charge in [0.1, 0.15) is 0 Å². The fourth-order valence-electron chi connectivity index (χ4n) is 2.55. The standard InChI is InChI=1S/C16H34N2O/c1-13(2)19-10-8-7-9-18-12-15(16(4,5)6)17-11-14(18)3/h13-15,17H,7-12H2,1-6H3. The molecular formula is C16H34N2O. The maximum Gasteiger partial charge on any atom is 0.0518 e. The second-order valence-electron chi connectivity index (χ2n) is 7.30. The van der Waals surface area contributed by atoms with Crippen LogP contribution in [-0.2, 0) is 4.74 Å². The second kappa shape index (κ2) is 7.61. The lowest BCUT2D eigenvalue weighted by molar-refractivity contribution is 0.0656. The summed E-state index contributed by atoms with van der Waals surface area (Å²) < 4.78 is 5.60. The second-order valence-corrected chi connectivity index (χ2v) is 7.30. The van der Waals surface area contributed by atoms with Crippen LogP contribution in [0, 0.1) is 5.41 Å². The fraction of sp³-hybridized carbons (Fsp3) is 1.00. The number of ether oxygens (including phenoxy) is 1. The van der Waals surface area contributed by atoms with Gasteiger partial charge in [0.2, 0.25) is 0 Å². The molecule has 0 aromatic carbocycles. The molecule has 1 fully saturated rings. The molecule has 1 aliphatic rings. The molecule has 1 rings (SSSR count). The molecule has 0 radical (unpaired) electrons. The smallest absolute Gasteiger partial charge is 0.0518 e. The minimum absolute atomic E-state index is 0.346. The van der Waals surface area contributed by atoms with Gasteiger partial charge in [-0.3, -0.25) is 4.90 Å². The van der Waals surface area contributed by atoms with E-state index < -0.39 is 0 Å². The zero-order valence-corrected chi connectivity index (χ0v) is 13.8. The van der Waals surface area contributed by atoms with Crippen LogP contribution in [0.25, 0.3) is 0 Å². The van der Waals surface area contributed by atoms with Crippen molar-refractivity contribution in [3.8, 4) is 0 Å². The molecule has 0 aromatic heterocycles. The summed E-state index contributed by atoms with van der Waals surface area (Å²) in [7, 11) is 0. The summed E-state index contributed by atoms with van der Waals surface area (Å²) in [6.45, 7) is 17.9. The Hall–Kier alpha value is -0.120. The summed E-state index contributed by atoms with van der Waals surface area (Å²) in [5.74, 6) is 0. The minimum atomic E-state index is 0.346. The first-order chi connectivity index (χ1) is 8.80. The van der Waals surface area contributed by atoms with Crippen molar-refractivity contribution in [2.45, 2.75) is 72.6 Å².